The van der Waals surface area contributed by atoms with Gasteiger partial charge in [0.2, 0.25) is 0 Å². The zero-order valence-electron chi connectivity index (χ0n) is 17.7. The van der Waals surface area contributed by atoms with Crippen molar-refractivity contribution >= 4 is 21.9 Å². The van der Waals surface area contributed by atoms with Gasteiger partial charge in [-0.3, -0.25) is 4.98 Å². The van der Waals surface area contributed by atoms with Crippen molar-refractivity contribution in [3.05, 3.63) is 89.1 Å². The van der Waals surface area contributed by atoms with Crippen LogP contribution in [-0.4, -0.2) is 4.98 Å². The van der Waals surface area contributed by atoms with Gasteiger partial charge in [-0.05, 0) is 59.4 Å². The van der Waals surface area contributed by atoms with E-state index in [1.54, 1.807) is 0 Å². The van der Waals surface area contributed by atoms with Crippen LogP contribution >= 0.6 is 0 Å². The first kappa shape index (κ1) is 17.5. The Hall–Kier alpha value is -3.39. The summed E-state index contributed by atoms with van der Waals surface area (Å²) in [5.41, 5.74) is 11.6. The standard InChI is InChI=1S/C28H23NO/c1-16-9-13-22(29-15-16)24-17(2)10-11-19-26-23(30-27(19)24)14-12-21-25(26)18-7-5-6-8-20(18)28(21,3)4/h5-15H,1-4H3. The van der Waals surface area contributed by atoms with Crippen LogP contribution in [0.5, 0.6) is 0 Å². The summed E-state index contributed by atoms with van der Waals surface area (Å²) in [4.78, 5) is 4.70. The van der Waals surface area contributed by atoms with Gasteiger partial charge in [0.15, 0.2) is 0 Å². The number of pyridine rings is 1. The largest absolute Gasteiger partial charge is 0.455 e. The molecule has 30 heavy (non-hydrogen) atoms. The molecule has 2 heteroatoms. The molecule has 0 bridgehead atoms. The maximum absolute atomic E-state index is 6.52. The minimum absolute atomic E-state index is 0.0181. The van der Waals surface area contributed by atoms with E-state index in [1.807, 2.05) is 6.20 Å². The lowest BCUT2D eigenvalue weighted by Crippen LogP contribution is -2.14. The Kier molecular flexibility index (Phi) is 3.39. The molecule has 2 nitrogen and oxygen atoms in total. The summed E-state index contributed by atoms with van der Waals surface area (Å²) in [6.45, 7) is 8.83. The van der Waals surface area contributed by atoms with Gasteiger partial charge in [0.05, 0.1) is 5.69 Å². The molecule has 0 saturated carbocycles. The quantitative estimate of drug-likeness (QED) is 0.295. The lowest BCUT2D eigenvalue weighted by atomic mass is 9.82. The Morgan fingerprint density at radius 3 is 2.43 bits per heavy atom. The summed E-state index contributed by atoms with van der Waals surface area (Å²) in [5, 5.41) is 2.38. The highest BCUT2D eigenvalue weighted by Crippen LogP contribution is 2.53. The fraction of sp³-hybridized carbons (Fsp3) is 0.179. The van der Waals surface area contributed by atoms with Crippen molar-refractivity contribution in [3.63, 3.8) is 0 Å². The molecular formula is C28H23NO. The number of aryl methyl sites for hydroxylation is 2. The monoisotopic (exact) mass is 389 g/mol. The molecule has 146 valence electrons. The van der Waals surface area contributed by atoms with Crippen molar-refractivity contribution in [2.75, 3.05) is 0 Å². The second kappa shape index (κ2) is 5.82. The predicted octanol–water partition coefficient (Wildman–Crippen LogP) is 7.57. The molecule has 5 aromatic rings. The number of fused-ring (bicyclic) bond motifs is 7. The highest BCUT2D eigenvalue weighted by atomic mass is 16.3. The first-order valence-corrected chi connectivity index (χ1v) is 10.5. The highest BCUT2D eigenvalue weighted by molar-refractivity contribution is 6.17. The van der Waals surface area contributed by atoms with Gasteiger partial charge in [0.25, 0.3) is 0 Å². The second-order valence-corrected chi connectivity index (χ2v) is 8.99. The van der Waals surface area contributed by atoms with Crippen LogP contribution in [0.25, 0.3) is 44.3 Å². The lowest BCUT2D eigenvalue weighted by Gasteiger charge is -2.21. The summed E-state index contributed by atoms with van der Waals surface area (Å²) in [5.74, 6) is 0. The normalized spacial score (nSPS) is 14.3. The zero-order chi connectivity index (χ0) is 20.6. The Morgan fingerprint density at radius 2 is 1.63 bits per heavy atom. The molecule has 0 radical (unpaired) electrons. The predicted molar refractivity (Wildman–Crippen MR) is 124 cm³/mol. The van der Waals surface area contributed by atoms with Gasteiger partial charge in [0.1, 0.15) is 11.2 Å². The van der Waals surface area contributed by atoms with E-state index in [9.17, 15) is 0 Å². The molecule has 0 spiro atoms. The van der Waals surface area contributed by atoms with E-state index in [-0.39, 0.29) is 5.41 Å². The molecule has 0 saturated heterocycles. The van der Waals surface area contributed by atoms with Crippen molar-refractivity contribution in [2.24, 2.45) is 0 Å². The van der Waals surface area contributed by atoms with E-state index in [0.717, 1.165) is 33.4 Å². The number of hydrogen-bond donors (Lipinski definition) is 0. The van der Waals surface area contributed by atoms with Gasteiger partial charge in [-0.1, -0.05) is 62.4 Å². The average Bonchev–Trinajstić information content (AvgIpc) is 3.22. The molecule has 6 rings (SSSR count). The molecule has 0 amide bonds. The van der Waals surface area contributed by atoms with Gasteiger partial charge >= 0.3 is 0 Å². The molecule has 1 aliphatic carbocycles. The van der Waals surface area contributed by atoms with Gasteiger partial charge in [-0.2, -0.15) is 0 Å². The number of aromatic nitrogens is 1. The third-order valence-electron chi connectivity index (χ3n) is 6.73. The van der Waals surface area contributed by atoms with E-state index >= 15 is 0 Å². The number of rotatable bonds is 1. The number of benzene rings is 3. The van der Waals surface area contributed by atoms with Gasteiger partial charge in [0, 0.05) is 27.9 Å². The minimum atomic E-state index is -0.0181. The number of furan rings is 1. The summed E-state index contributed by atoms with van der Waals surface area (Å²) in [7, 11) is 0. The third-order valence-corrected chi connectivity index (χ3v) is 6.73. The molecule has 0 N–H and O–H groups in total. The topological polar surface area (TPSA) is 26.0 Å². The van der Waals surface area contributed by atoms with Crippen LogP contribution < -0.4 is 0 Å². The van der Waals surface area contributed by atoms with Crippen LogP contribution in [0.15, 0.2) is 71.3 Å². The smallest absolute Gasteiger partial charge is 0.145 e. The van der Waals surface area contributed by atoms with Crippen molar-refractivity contribution in [1.82, 2.24) is 4.98 Å². The number of hydrogen-bond acceptors (Lipinski definition) is 2. The van der Waals surface area contributed by atoms with E-state index in [4.69, 9.17) is 9.40 Å². The molecule has 0 aliphatic heterocycles. The van der Waals surface area contributed by atoms with Crippen molar-refractivity contribution in [3.8, 4) is 22.4 Å². The van der Waals surface area contributed by atoms with Crippen molar-refractivity contribution < 1.29 is 4.42 Å². The summed E-state index contributed by atoms with van der Waals surface area (Å²) in [6.07, 6.45) is 1.92. The Morgan fingerprint density at radius 1 is 0.800 bits per heavy atom. The Labute approximate surface area is 176 Å². The van der Waals surface area contributed by atoms with Crippen LogP contribution in [0.2, 0.25) is 0 Å². The van der Waals surface area contributed by atoms with Gasteiger partial charge in [-0.25, -0.2) is 0 Å². The van der Waals surface area contributed by atoms with Crippen LogP contribution in [0.3, 0.4) is 0 Å². The summed E-state index contributed by atoms with van der Waals surface area (Å²) < 4.78 is 6.52. The van der Waals surface area contributed by atoms with Crippen molar-refractivity contribution in [2.45, 2.75) is 33.1 Å². The van der Waals surface area contributed by atoms with Crippen LogP contribution in [0.4, 0.5) is 0 Å². The first-order valence-electron chi connectivity index (χ1n) is 10.5. The molecule has 2 aromatic heterocycles. The van der Waals surface area contributed by atoms with Gasteiger partial charge in [-0.15, -0.1) is 0 Å². The minimum Gasteiger partial charge on any atom is -0.455 e. The molecule has 0 unspecified atom stereocenters. The average molecular weight is 389 g/mol. The van der Waals surface area contributed by atoms with E-state index < -0.39 is 0 Å². The van der Waals surface area contributed by atoms with Gasteiger partial charge < -0.3 is 4.42 Å². The summed E-state index contributed by atoms with van der Waals surface area (Å²) in [6, 6.07) is 21.8. The third kappa shape index (κ3) is 2.16. The molecule has 2 heterocycles. The molecule has 0 fully saturated rings. The maximum Gasteiger partial charge on any atom is 0.145 e. The van der Waals surface area contributed by atoms with E-state index in [1.165, 1.54) is 33.2 Å². The van der Waals surface area contributed by atoms with Crippen molar-refractivity contribution in [1.29, 1.82) is 0 Å². The Balaban J connectivity index is 1.76. The fourth-order valence-electron chi connectivity index (χ4n) is 5.16. The molecule has 3 aromatic carbocycles. The highest BCUT2D eigenvalue weighted by Gasteiger charge is 2.37. The molecule has 0 atom stereocenters. The lowest BCUT2D eigenvalue weighted by molar-refractivity contribution is 0.657. The maximum atomic E-state index is 6.52. The van der Waals surface area contributed by atoms with Crippen LogP contribution in [0.1, 0.15) is 36.1 Å². The molecule has 1 aliphatic rings. The number of nitrogens with zero attached hydrogens (tertiary/aromatic N) is 1. The first-order chi connectivity index (χ1) is 14.5. The second-order valence-electron chi connectivity index (χ2n) is 8.99. The van der Waals surface area contributed by atoms with E-state index in [2.05, 4.69) is 88.4 Å². The SMILES string of the molecule is Cc1ccc(-c2c(C)ccc3c2oc2ccc4c(c23)-c2ccccc2C4(C)C)nc1. The fourth-order valence-corrected chi connectivity index (χ4v) is 5.16. The Bertz CT molecular complexity index is 1470. The molecular weight excluding hydrogens is 366 g/mol. The van der Waals surface area contributed by atoms with Crippen LogP contribution in [-0.2, 0) is 5.41 Å². The van der Waals surface area contributed by atoms with Crippen LogP contribution in [0, 0.1) is 13.8 Å². The zero-order valence-corrected chi connectivity index (χ0v) is 17.7. The van der Waals surface area contributed by atoms with E-state index in [0.29, 0.717) is 0 Å². The summed E-state index contributed by atoms with van der Waals surface area (Å²) >= 11 is 0.